The summed E-state index contributed by atoms with van der Waals surface area (Å²) in [5, 5.41) is 8.82. The first-order valence-electron chi connectivity index (χ1n) is 16.2. The van der Waals surface area contributed by atoms with Crippen molar-refractivity contribution in [2.75, 3.05) is 39.8 Å². The highest BCUT2D eigenvalue weighted by molar-refractivity contribution is 5.91. The summed E-state index contributed by atoms with van der Waals surface area (Å²) in [5.41, 5.74) is 2.75. The molecule has 2 aromatic rings. The molecule has 2 aromatic carbocycles. The van der Waals surface area contributed by atoms with Crippen molar-refractivity contribution in [1.82, 2.24) is 30.5 Å². The molecule has 0 saturated carbocycles. The minimum atomic E-state index is -0.844. The molecule has 11 heteroatoms. The quantitative estimate of drug-likeness (QED) is 0.175. The highest BCUT2D eigenvalue weighted by Crippen LogP contribution is 2.32. The predicted octanol–water partition coefficient (Wildman–Crippen LogP) is 4.59. The molecule has 5 amide bonds. The maximum Gasteiger partial charge on any atom is 0.407 e. The first kappa shape index (κ1) is 35.7. The highest BCUT2D eigenvalue weighted by Gasteiger charge is 2.50. The van der Waals surface area contributed by atoms with Crippen molar-refractivity contribution < 1.29 is 23.9 Å². The summed E-state index contributed by atoms with van der Waals surface area (Å²) in [6, 6.07) is 18.2. The lowest BCUT2D eigenvalue weighted by Crippen LogP contribution is -2.76. The Morgan fingerprint density at radius 3 is 2.44 bits per heavy atom. The maximum absolute atomic E-state index is 14.3. The standard InChI is InChI=1S/C37H46N6O5/c1-5-7-10-16-28(3)31(30-19-13-9-14-20-30)25-41-26-33-42(32(35(41)45)21-15-22-38-37(47)48-23-6-2)34(44)27-40(4)43(33)36(46)39-24-29-17-11-8-12-18-29/h5-14,16-20,31-33H,2-3,15,21-27H2,1,4H3,(H,38,47)(H,39,46)/b7-5-,16-10-/t31?,32-,33-/m0/s1. The number of fused-ring (bicyclic) bond motifs is 1. The predicted molar refractivity (Wildman–Crippen MR) is 185 cm³/mol. The molecule has 11 nitrogen and oxygen atoms in total. The Kier molecular flexibility index (Phi) is 13.1. The highest BCUT2D eigenvalue weighted by atomic mass is 16.5. The second-order valence-corrected chi connectivity index (χ2v) is 11.7. The third-order valence-electron chi connectivity index (χ3n) is 8.36. The van der Waals surface area contributed by atoms with Crippen LogP contribution in [0.5, 0.6) is 0 Å². The Morgan fingerprint density at radius 1 is 1.04 bits per heavy atom. The lowest BCUT2D eigenvalue weighted by atomic mass is 9.90. The lowest BCUT2D eigenvalue weighted by Gasteiger charge is -2.54. The largest absolute Gasteiger partial charge is 0.445 e. The molecule has 0 spiro atoms. The number of hydrazine groups is 1. The van der Waals surface area contributed by atoms with Crippen molar-refractivity contribution in [3.05, 3.63) is 121 Å². The van der Waals surface area contributed by atoms with Gasteiger partial charge < -0.3 is 25.2 Å². The monoisotopic (exact) mass is 654 g/mol. The van der Waals surface area contributed by atoms with Crippen LogP contribution in [0, 0.1) is 0 Å². The van der Waals surface area contributed by atoms with Gasteiger partial charge in [0.2, 0.25) is 11.8 Å². The summed E-state index contributed by atoms with van der Waals surface area (Å²) >= 11 is 0. The van der Waals surface area contributed by atoms with Crippen LogP contribution in [0.15, 0.2) is 110 Å². The minimum Gasteiger partial charge on any atom is -0.445 e. The summed E-state index contributed by atoms with van der Waals surface area (Å²) in [6.07, 6.45) is 8.53. The fraction of sp³-hybridized carbons (Fsp3) is 0.351. The van der Waals surface area contributed by atoms with Crippen molar-refractivity contribution in [2.24, 2.45) is 0 Å². The van der Waals surface area contributed by atoms with E-state index in [9.17, 15) is 19.2 Å². The molecule has 254 valence electrons. The van der Waals surface area contributed by atoms with Crippen LogP contribution in [-0.2, 0) is 20.9 Å². The zero-order chi connectivity index (χ0) is 34.5. The van der Waals surface area contributed by atoms with Gasteiger partial charge in [0, 0.05) is 32.6 Å². The van der Waals surface area contributed by atoms with Gasteiger partial charge in [0.15, 0.2) is 0 Å². The molecule has 0 bridgehead atoms. The zero-order valence-corrected chi connectivity index (χ0v) is 27.8. The molecule has 2 fully saturated rings. The van der Waals surface area contributed by atoms with E-state index in [-0.39, 0.29) is 56.4 Å². The average molecular weight is 655 g/mol. The van der Waals surface area contributed by atoms with Crippen LogP contribution in [0.25, 0.3) is 0 Å². The smallest absolute Gasteiger partial charge is 0.407 e. The van der Waals surface area contributed by atoms with Gasteiger partial charge in [-0.05, 0) is 36.5 Å². The van der Waals surface area contributed by atoms with E-state index in [1.54, 1.807) is 26.9 Å². The van der Waals surface area contributed by atoms with Crippen molar-refractivity contribution in [1.29, 1.82) is 0 Å². The zero-order valence-electron chi connectivity index (χ0n) is 27.8. The van der Waals surface area contributed by atoms with Gasteiger partial charge in [-0.2, -0.15) is 0 Å². The maximum atomic E-state index is 14.3. The van der Waals surface area contributed by atoms with Crippen LogP contribution in [0.3, 0.4) is 0 Å². The molecule has 4 rings (SSSR count). The van der Waals surface area contributed by atoms with Crippen molar-refractivity contribution in [2.45, 2.75) is 44.4 Å². The summed E-state index contributed by atoms with van der Waals surface area (Å²) in [5.74, 6) is -0.694. The molecule has 48 heavy (non-hydrogen) atoms. The number of hydrogen-bond donors (Lipinski definition) is 2. The number of carbonyl (C=O) groups is 4. The number of likely N-dealkylation sites (N-methyl/N-ethyl adjacent to an activating group) is 1. The van der Waals surface area contributed by atoms with Crippen molar-refractivity contribution >= 4 is 23.9 Å². The van der Waals surface area contributed by atoms with Gasteiger partial charge in [-0.25, -0.2) is 19.6 Å². The molecule has 0 aromatic heterocycles. The first-order valence-corrected chi connectivity index (χ1v) is 16.2. The third kappa shape index (κ3) is 9.22. The van der Waals surface area contributed by atoms with E-state index in [0.29, 0.717) is 19.5 Å². The van der Waals surface area contributed by atoms with E-state index >= 15 is 0 Å². The normalized spacial score (nSPS) is 18.9. The summed E-state index contributed by atoms with van der Waals surface area (Å²) in [7, 11) is 1.70. The number of allylic oxidation sites excluding steroid dienone is 4. The van der Waals surface area contributed by atoms with E-state index in [4.69, 9.17) is 4.74 Å². The molecule has 0 aliphatic carbocycles. The number of hydrogen-bond acceptors (Lipinski definition) is 6. The number of alkyl carbamates (subject to hydrolysis) is 1. The Labute approximate surface area is 283 Å². The summed E-state index contributed by atoms with van der Waals surface area (Å²) < 4.78 is 4.99. The van der Waals surface area contributed by atoms with Crippen LogP contribution >= 0.6 is 0 Å². The Bertz CT molecular complexity index is 1490. The molecule has 2 heterocycles. The van der Waals surface area contributed by atoms with Crippen LogP contribution in [0.2, 0.25) is 0 Å². The number of amides is 5. The topological polar surface area (TPSA) is 115 Å². The van der Waals surface area contributed by atoms with Gasteiger partial charge in [0.1, 0.15) is 18.8 Å². The van der Waals surface area contributed by atoms with Gasteiger partial charge >= 0.3 is 12.1 Å². The van der Waals surface area contributed by atoms with E-state index in [0.717, 1.165) is 16.7 Å². The summed E-state index contributed by atoms with van der Waals surface area (Å²) in [6.45, 7) is 10.8. The Morgan fingerprint density at radius 2 is 1.75 bits per heavy atom. The number of nitrogens with one attached hydrogen (secondary N) is 2. The average Bonchev–Trinajstić information content (AvgIpc) is 3.09. The Balaban J connectivity index is 1.63. The second kappa shape index (κ2) is 17.7. The second-order valence-electron chi connectivity index (χ2n) is 11.7. The van der Waals surface area contributed by atoms with Gasteiger partial charge in [-0.1, -0.05) is 104 Å². The number of ether oxygens (including phenoxy) is 1. The fourth-order valence-corrected chi connectivity index (χ4v) is 6.02. The third-order valence-corrected chi connectivity index (χ3v) is 8.36. The number of urea groups is 1. The van der Waals surface area contributed by atoms with E-state index < -0.39 is 18.3 Å². The van der Waals surface area contributed by atoms with Gasteiger partial charge in [-0.3, -0.25) is 9.59 Å². The fourth-order valence-electron chi connectivity index (χ4n) is 6.02. The number of rotatable bonds is 14. The number of benzene rings is 2. The minimum absolute atomic E-state index is 0.0651. The molecule has 2 saturated heterocycles. The van der Waals surface area contributed by atoms with E-state index in [1.165, 1.54) is 6.08 Å². The number of piperazine rings is 1. The SMILES string of the molecule is C=CCOC(=O)NCCC[C@H]1C(=O)N(CC(C(=C)/C=C\C=C/C)c2ccccc2)C[C@H]2N1C(=O)CN(C)N2C(=O)NCc1ccccc1. The summed E-state index contributed by atoms with van der Waals surface area (Å²) in [4.78, 5) is 57.0. The first-order chi connectivity index (χ1) is 23.2. The molecule has 3 atom stereocenters. The van der Waals surface area contributed by atoms with Crippen LogP contribution in [-0.4, -0.2) is 95.8 Å². The van der Waals surface area contributed by atoms with Crippen LogP contribution in [0.1, 0.15) is 36.8 Å². The number of carbonyl (C=O) groups excluding carboxylic acids is 4. The van der Waals surface area contributed by atoms with E-state index in [1.807, 2.05) is 91.9 Å². The molecule has 2 aliphatic heterocycles. The van der Waals surface area contributed by atoms with Crippen LogP contribution < -0.4 is 10.6 Å². The van der Waals surface area contributed by atoms with E-state index in [2.05, 4.69) is 23.8 Å². The molecule has 1 unspecified atom stereocenters. The lowest BCUT2D eigenvalue weighted by molar-refractivity contribution is -0.187. The Hall–Kier alpha value is -5.16. The van der Waals surface area contributed by atoms with Gasteiger partial charge in [0.05, 0.1) is 13.1 Å². The van der Waals surface area contributed by atoms with Crippen molar-refractivity contribution in [3.63, 3.8) is 0 Å². The van der Waals surface area contributed by atoms with Gasteiger partial charge in [0.25, 0.3) is 0 Å². The molecule has 0 radical (unpaired) electrons. The molecular formula is C37H46N6O5. The number of nitrogens with zero attached hydrogens (tertiary/aromatic N) is 4. The van der Waals surface area contributed by atoms with Crippen molar-refractivity contribution in [3.8, 4) is 0 Å². The van der Waals surface area contributed by atoms with Gasteiger partial charge in [-0.15, -0.1) is 0 Å². The molecular weight excluding hydrogens is 608 g/mol. The molecule has 2 N–H and O–H groups in total. The van der Waals surface area contributed by atoms with Crippen LogP contribution in [0.4, 0.5) is 9.59 Å². The molecule has 2 aliphatic rings.